The molecule has 6 heteroatoms. The fourth-order valence-electron chi connectivity index (χ4n) is 4.21. The first kappa shape index (κ1) is 23.8. The Morgan fingerprint density at radius 3 is 1.88 bits per heavy atom. The van der Waals surface area contributed by atoms with E-state index in [0.29, 0.717) is 6.42 Å². The Labute approximate surface area is 204 Å². The zero-order valence-corrected chi connectivity index (χ0v) is 20.0. The van der Waals surface area contributed by atoms with Gasteiger partial charge in [0, 0.05) is 11.5 Å². The van der Waals surface area contributed by atoms with Crippen molar-refractivity contribution in [1.29, 1.82) is 0 Å². The van der Waals surface area contributed by atoms with Crippen molar-refractivity contribution in [2.45, 2.75) is 24.5 Å². The maximum absolute atomic E-state index is 12.3. The van der Waals surface area contributed by atoms with Crippen LogP contribution in [0.15, 0.2) is 96.1 Å². The summed E-state index contributed by atoms with van der Waals surface area (Å²) in [6.45, 7) is 1.90. The van der Waals surface area contributed by atoms with E-state index in [4.69, 9.17) is 4.74 Å². The van der Waals surface area contributed by atoms with E-state index in [0.717, 1.165) is 11.5 Å². The second kappa shape index (κ2) is 11.2. The molecule has 1 heterocycles. The minimum Gasteiger partial charge on any atom is -0.465 e. The van der Waals surface area contributed by atoms with E-state index in [-0.39, 0.29) is 25.5 Å². The number of ether oxygens (including phenoxy) is 1. The molecule has 0 N–H and O–H groups in total. The molecule has 0 bridgehead atoms. The van der Waals surface area contributed by atoms with Crippen LogP contribution >= 0.6 is 11.8 Å². The zero-order chi connectivity index (χ0) is 23.8. The van der Waals surface area contributed by atoms with Crippen LogP contribution in [0.25, 0.3) is 0 Å². The molecule has 0 saturated heterocycles. The van der Waals surface area contributed by atoms with Crippen LogP contribution in [0.2, 0.25) is 0 Å². The molecule has 1 aliphatic heterocycles. The van der Waals surface area contributed by atoms with Gasteiger partial charge in [0.15, 0.2) is 0 Å². The number of hydrogen-bond acceptors (Lipinski definition) is 5. The van der Waals surface area contributed by atoms with E-state index >= 15 is 0 Å². The number of hydrazone groups is 1. The molecule has 0 fully saturated rings. The molecule has 174 valence electrons. The number of rotatable bonds is 10. The number of carbonyl (C=O) groups excluding carboxylic acids is 2. The normalized spacial score (nSPS) is 13.6. The highest BCUT2D eigenvalue weighted by Gasteiger charge is 2.37. The average Bonchev–Trinajstić information content (AvgIpc) is 3.22. The molecule has 0 aromatic heterocycles. The van der Waals surface area contributed by atoms with Crippen molar-refractivity contribution >= 4 is 29.4 Å². The lowest BCUT2D eigenvalue weighted by Gasteiger charge is -2.35. The highest BCUT2D eigenvalue weighted by Crippen LogP contribution is 2.48. The minimum atomic E-state index is -0.438. The molecule has 0 spiro atoms. The Bertz CT molecular complexity index is 1040. The van der Waals surface area contributed by atoms with Gasteiger partial charge in [-0.05, 0) is 30.0 Å². The van der Waals surface area contributed by atoms with Crippen molar-refractivity contribution in [1.82, 2.24) is 5.01 Å². The van der Waals surface area contributed by atoms with Crippen molar-refractivity contribution in [2.75, 3.05) is 18.9 Å². The number of hydrogen-bond donors (Lipinski definition) is 0. The maximum atomic E-state index is 12.3. The highest BCUT2D eigenvalue weighted by atomic mass is 32.2. The third kappa shape index (κ3) is 5.23. The molecule has 1 aliphatic rings. The average molecular weight is 473 g/mol. The van der Waals surface area contributed by atoms with Crippen LogP contribution in [0.1, 0.15) is 36.5 Å². The summed E-state index contributed by atoms with van der Waals surface area (Å²) in [6, 6.07) is 31.6. The first-order chi connectivity index (χ1) is 16.6. The van der Waals surface area contributed by atoms with Crippen molar-refractivity contribution in [3.8, 4) is 0 Å². The second-order valence-corrected chi connectivity index (χ2v) is 9.29. The van der Waals surface area contributed by atoms with E-state index in [9.17, 15) is 9.59 Å². The van der Waals surface area contributed by atoms with E-state index in [2.05, 4.69) is 77.9 Å². The van der Waals surface area contributed by atoms with Gasteiger partial charge < -0.3 is 4.74 Å². The Morgan fingerprint density at radius 2 is 1.41 bits per heavy atom. The van der Waals surface area contributed by atoms with Crippen LogP contribution in [0.4, 0.5) is 0 Å². The molecule has 4 rings (SSSR count). The highest BCUT2D eigenvalue weighted by molar-refractivity contribution is 8.00. The van der Waals surface area contributed by atoms with Crippen LogP contribution in [-0.4, -0.2) is 41.5 Å². The summed E-state index contributed by atoms with van der Waals surface area (Å²) in [4.78, 5) is 24.1. The molecule has 0 saturated carbocycles. The fraction of sp³-hybridized carbons (Fsp3) is 0.250. The van der Waals surface area contributed by atoms with Gasteiger partial charge in [0.25, 0.3) is 0 Å². The van der Waals surface area contributed by atoms with Crippen LogP contribution in [0, 0.1) is 0 Å². The summed E-state index contributed by atoms with van der Waals surface area (Å²) >= 11 is 1.84. The standard InChI is InChI=1S/C28H28N2O3S/c1-2-33-27(32)21-30-26(31)20-25(29-30)18-19-34-28(22-12-6-3-7-13-22,23-14-8-4-9-15-23)24-16-10-5-11-17-24/h3-17H,2,18-21H2,1H3. The molecule has 5 nitrogen and oxygen atoms in total. The van der Waals surface area contributed by atoms with E-state index in [1.807, 2.05) is 30.0 Å². The van der Waals surface area contributed by atoms with Crippen molar-refractivity contribution in [3.05, 3.63) is 108 Å². The quantitative estimate of drug-likeness (QED) is 0.299. The van der Waals surface area contributed by atoms with Gasteiger partial charge in [-0.1, -0.05) is 91.0 Å². The largest absolute Gasteiger partial charge is 0.465 e. The molecule has 0 radical (unpaired) electrons. The fourth-order valence-corrected chi connectivity index (χ4v) is 5.76. The van der Waals surface area contributed by atoms with Crippen molar-refractivity contribution < 1.29 is 14.3 Å². The predicted octanol–water partition coefficient (Wildman–Crippen LogP) is 5.25. The maximum Gasteiger partial charge on any atom is 0.327 e. The van der Waals surface area contributed by atoms with E-state index < -0.39 is 10.7 Å². The smallest absolute Gasteiger partial charge is 0.327 e. The zero-order valence-electron chi connectivity index (χ0n) is 19.2. The molecule has 1 amide bonds. The molecule has 3 aromatic carbocycles. The SMILES string of the molecule is CCOC(=O)CN1N=C(CCSC(c2ccccc2)(c2ccccc2)c2ccccc2)CC1=O. The molecule has 0 aliphatic carbocycles. The summed E-state index contributed by atoms with van der Waals surface area (Å²) in [5, 5.41) is 5.65. The molecule has 0 unspecified atom stereocenters. The van der Waals surface area contributed by atoms with Crippen LogP contribution in [0.5, 0.6) is 0 Å². The third-order valence-electron chi connectivity index (χ3n) is 5.74. The molecule has 0 atom stereocenters. The van der Waals surface area contributed by atoms with Gasteiger partial charge in [0.05, 0.1) is 17.8 Å². The molecular formula is C28H28N2O3S. The van der Waals surface area contributed by atoms with Gasteiger partial charge in [0.1, 0.15) is 6.54 Å². The predicted molar refractivity (Wildman–Crippen MR) is 137 cm³/mol. The van der Waals surface area contributed by atoms with Gasteiger partial charge in [0.2, 0.25) is 5.91 Å². The Balaban J connectivity index is 1.60. The minimum absolute atomic E-state index is 0.134. The number of benzene rings is 3. The van der Waals surface area contributed by atoms with Crippen LogP contribution < -0.4 is 0 Å². The van der Waals surface area contributed by atoms with Gasteiger partial charge in [-0.2, -0.15) is 5.10 Å². The summed E-state index contributed by atoms with van der Waals surface area (Å²) in [5.74, 6) is 0.165. The second-order valence-electron chi connectivity index (χ2n) is 7.98. The number of amides is 1. The lowest BCUT2D eigenvalue weighted by Crippen LogP contribution is -2.28. The number of esters is 1. The summed E-state index contributed by atoms with van der Waals surface area (Å²) in [5.41, 5.74) is 4.40. The van der Waals surface area contributed by atoms with Gasteiger partial charge >= 0.3 is 5.97 Å². The van der Waals surface area contributed by atoms with Crippen molar-refractivity contribution in [3.63, 3.8) is 0 Å². The van der Waals surface area contributed by atoms with Crippen LogP contribution in [-0.2, 0) is 19.1 Å². The lowest BCUT2D eigenvalue weighted by atomic mass is 9.84. The number of carbonyl (C=O) groups is 2. The lowest BCUT2D eigenvalue weighted by molar-refractivity contribution is -0.148. The summed E-state index contributed by atoms with van der Waals surface area (Å²) in [6.07, 6.45) is 0.902. The third-order valence-corrected chi connectivity index (χ3v) is 7.29. The molecular weight excluding hydrogens is 444 g/mol. The van der Waals surface area contributed by atoms with Crippen molar-refractivity contribution in [2.24, 2.45) is 5.10 Å². The van der Waals surface area contributed by atoms with Gasteiger partial charge in [-0.25, -0.2) is 5.01 Å². The van der Waals surface area contributed by atoms with E-state index in [1.165, 1.54) is 21.7 Å². The topological polar surface area (TPSA) is 59.0 Å². The number of nitrogens with zero attached hydrogens (tertiary/aromatic N) is 2. The first-order valence-corrected chi connectivity index (χ1v) is 12.4. The number of thioether (sulfide) groups is 1. The Hall–Kier alpha value is -3.38. The van der Waals surface area contributed by atoms with Gasteiger partial charge in [-0.15, -0.1) is 11.8 Å². The Kier molecular flexibility index (Phi) is 7.80. The molecule has 34 heavy (non-hydrogen) atoms. The monoisotopic (exact) mass is 472 g/mol. The Morgan fingerprint density at radius 1 is 0.912 bits per heavy atom. The summed E-state index contributed by atoms with van der Waals surface area (Å²) < 4.78 is 4.55. The first-order valence-electron chi connectivity index (χ1n) is 11.5. The molecule has 3 aromatic rings. The van der Waals surface area contributed by atoms with Crippen LogP contribution in [0.3, 0.4) is 0 Å². The summed E-state index contributed by atoms with van der Waals surface area (Å²) in [7, 11) is 0. The van der Waals surface area contributed by atoms with E-state index in [1.54, 1.807) is 6.92 Å². The van der Waals surface area contributed by atoms with Gasteiger partial charge in [-0.3, -0.25) is 9.59 Å².